The van der Waals surface area contributed by atoms with Crippen molar-refractivity contribution < 1.29 is 4.74 Å². The predicted molar refractivity (Wildman–Crippen MR) is 72.1 cm³/mol. The zero-order valence-corrected chi connectivity index (χ0v) is 11.0. The molecule has 1 unspecified atom stereocenters. The van der Waals surface area contributed by atoms with Gasteiger partial charge in [-0.1, -0.05) is 12.1 Å². The van der Waals surface area contributed by atoms with Crippen LogP contribution in [0.25, 0.3) is 0 Å². The van der Waals surface area contributed by atoms with Crippen LogP contribution in [-0.2, 0) is 0 Å². The fourth-order valence-electron chi connectivity index (χ4n) is 1.61. The van der Waals surface area contributed by atoms with Gasteiger partial charge in [0, 0.05) is 12.2 Å². The van der Waals surface area contributed by atoms with Gasteiger partial charge >= 0.3 is 0 Å². The van der Waals surface area contributed by atoms with E-state index in [0.29, 0.717) is 5.82 Å². The highest BCUT2D eigenvalue weighted by molar-refractivity contribution is 6.28. The normalized spacial score (nSPS) is 11.9. The molecule has 1 aromatic heterocycles. The second-order valence-corrected chi connectivity index (χ2v) is 4.19. The van der Waals surface area contributed by atoms with E-state index in [4.69, 9.17) is 16.3 Å². The molecule has 1 atom stereocenters. The Labute approximate surface area is 111 Å². The molecule has 0 fully saturated rings. The van der Waals surface area contributed by atoms with Crippen LogP contribution in [0.5, 0.6) is 5.75 Å². The molecule has 0 saturated heterocycles. The summed E-state index contributed by atoms with van der Waals surface area (Å²) in [6, 6.07) is 9.80. The molecule has 0 saturated carbocycles. The monoisotopic (exact) mass is 263 g/mol. The Hall–Kier alpha value is -1.81. The topological polar surface area (TPSA) is 47.0 Å². The molecule has 0 spiro atoms. The van der Waals surface area contributed by atoms with Crippen molar-refractivity contribution in [2.24, 2.45) is 0 Å². The second-order valence-electron chi connectivity index (χ2n) is 3.85. The molecule has 5 heteroatoms. The Morgan fingerprint density at radius 1 is 1.22 bits per heavy atom. The predicted octanol–water partition coefficient (Wildman–Crippen LogP) is 3.31. The summed E-state index contributed by atoms with van der Waals surface area (Å²) >= 11 is 5.74. The van der Waals surface area contributed by atoms with Crippen molar-refractivity contribution >= 4 is 17.4 Å². The molecule has 4 nitrogen and oxygen atoms in total. The van der Waals surface area contributed by atoms with Gasteiger partial charge in [0.05, 0.1) is 7.11 Å². The summed E-state index contributed by atoms with van der Waals surface area (Å²) in [6.45, 7) is 2.05. The largest absolute Gasteiger partial charge is 0.497 e. The first-order valence-corrected chi connectivity index (χ1v) is 5.96. The zero-order chi connectivity index (χ0) is 13.0. The molecule has 0 amide bonds. The van der Waals surface area contributed by atoms with Gasteiger partial charge in [0.2, 0.25) is 5.28 Å². The van der Waals surface area contributed by atoms with Crippen molar-refractivity contribution in [2.45, 2.75) is 13.0 Å². The van der Waals surface area contributed by atoms with Crippen molar-refractivity contribution in [1.82, 2.24) is 9.97 Å². The number of nitrogens with one attached hydrogen (secondary N) is 1. The summed E-state index contributed by atoms with van der Waals surface area (Å²) < 4.78 is 5.12. The molecule has 2 rings (SSSR count). The summed E-state index contributed by atoms with van der Waals surface area (Å²) in [5.41, 5.74) is 1.14. The van der Waals surface area contributed by atoms with Crippen LogP contribution < -0.4 is 10.1 Å². The maximum Gasteiger partial charge on any atom is 0.224 e. The van der Waals surface area contributed by atoms with Gasteiger partial charge in [-0.2, -0.15) is 0 Å². The first-order chi connectivity index (χ1) is 8.69. The lowest BCUT2D eigenvalue weighted by atomic mass is 10.1. The molecule has 18 heavy (non-hydrogen) atoms. The van der Waals surface area contributed by atoms with E-state index >= 15 is 0 Å². The van der Waals surface area contributed by atoms with Gasteiger partial charge in [-0.25, -0.2) is 9.97 Å². The highest BCUT2D eigenvalue weighted by atomic mass is 35.5. The van der Waals surface area contributed by atoms with E-state index in [1.54, 1.807) is 19.4 Å². The minimum absolute atomic E-state index is 0.127. The molecule has 0 bridgehead atoms. The molecule has 1 heterocycles. The average Bonchev–Trinajstić information content (AvgIpc) is 2.39. The van der Waals surface area contributed by atoms with Crippen LogP contribution in [0, 0.1) is 0 Å². The molecule has 94 valence electrons. The molecular formula is C13H14ClN3O. The lowest BCUT2D eigenvalue weighted by Crippen LogP contribution is -2.08. The number of halogens is 1. The van der Waals surface area contributed by atoms with Crippen LogP contribution >= 0.6 is 11.6 Å². The average molecular weight is 264 g/mol. The SMILES string of the molecule is COc1ccc(C(C)Nc2ccnc(Cl)n2)cc1. The van der Waals surface area contributed by atoms with E-state index in [2.05, 4.69) is 22.2 Å². The van der Waals surface area contributed by atoms with Gasteiger partial charge in [-0.3, -0.25) is 0 Å². The van der Waals surface area contributed by atoms with E-state index < -0.39 is 0 Å². The van der Waals surface area contributed by atoms with Crippen LogP contribution in [0.3, 0.4) is 0 Å². The Balaban J connectivity index is 2.09. The minimum atomic E-state index is 0.127. The van der Waals surface area contributed by atoms with E-state index in [0.717, 1.165) is 11.3 Å². The maximum atomic E-state index is 5.74. The Bertz CT molecular complexity index is 516. The minimum Gasteiger partial charge on any atom is -0.497 e. The van der Waals surface area contributed by atoms with E-state index in [-0.39, 0.29) is 11.3 Å². The third kappa shape index (κ3) is 3.11. The van der Waals surface area contributed by atoms with Gasteiger partial charge in [-0.05, 0) is 42.3 Å². The first-order valence-electron chi connectivity index (χ1n) is 5.58. The van der Waals surface area contributed by atoms with Crippen molar-refractivity contribution in [1.29, 1.82) is 0 Å². The Morgan fingerprint density at radius 2 is 1.94 bits per heavy atom. The molecule has 1 N–H and O–H groups in total. The van der Waals surface area contributed by atoms with E-state index in [1.165, 1.54) is 0 Å². The summed E-state index contributed by atoms with van der Waals surface area (Å²) in [5, 5.41) is 3.50. The number of ether oxygens (including phenoxy) is 1. The number of anilines is 1. The van der Waals surface area contributed by atoms with Gasteiger partial charge < -0.3 is 10.1 Å². The lowest BCUT2D eigenvalue weighted by Gasteiger charge is -2.15. The maximum absolute atomic E-state index is 5.74. The highest BCUT2D eigenvalue weighted by Crippen LogP contribution is 2.20. The summed E-state index contributed by atoms with van der Waals surface area (Å²) in [7, 11) is 1.65. The quantitative estimate of drug-likeness (QED) is 0.860. The van der Waals surface area contributed by atoms with Gasteiger partial charge in [0.25, 0.3) is 0 Å². The third-order valence-electron chi connectivity index (χ3n) is 2.61. The Morgan fingerprint density at radius 3 is 2.56 bits per heavy atom. The molecule has 1 aromatic carbocycles. The van der Waals surface area contributed by atoms with Gasteiger partial charge in [0.1, 0.15) is 11.6 Å². The van der Waals surface area contributed by atoms with Crippen LogP contribution in [0.15, 0.2) is 36.5 Å². The second kappa shape index (κ2) is 5.69. The summed E-state index contributed by atoms with van der Waals surface area (Å²) in [4.78, 5) is 7.93. The first kappa shape index (κ1) is 12.6. The summed E-state index contributed by atoms with van der Waals surface area (Å²) in [5.74, 6) is 1.55. The fourth-order valence-corrected chi connectivity index (χ4v) is 1.76. The number of methoxy groups -OCH3 is 1. The van der Waals surface area contributed by atoms with Crippen LogP contribution in [0.4, 0.5) is 5.82 Å². The number of aromatic nitrogens is 2. The molecule has 2 aromatic rings. The Kier molecular flexibility index (Phi) is 3.99. The van der Waals surface area contributed by atoms with Gasteiger partial charge in [0.15, 0.2) is 0 Å². The van der Waals surface area contributed by atoms with E-state index in [1.807, 2.05) is 24.3 Å². The standard InChI is InChI=1S/C13H14ClN3O/c1-9(10-3-5-11(18-2)6-4-10)16-12-7-8-15-13(14)17-12/h3-9H,1-2H3,(H,15,16,17). The summed E-state index contributed by atoms with van der Waals surface area (Å²) in [6.07, 6.45) is 1.62. The van der Waals surface area contributed by atoms with Crippen molar-refractivity contribution in [3.05, 3.63) is 47.4 Å². The molecule has 0 aliphatic heterocycles. The molecule has 0 radical (unpaired) electrons. The van der Waals surface area contributed by atoms with Crippen LogP contribution in [0.2, 0.25) is 5.28 Å². The van der Waals surface area contributed by atoms with Crippen molar-refractivity contribution in [3.63, 3.8) is 0 Å². The zero-order valence-electron chi connectivity index (χ0n) is 10.2. The van der Waals surface area contributed by atoms with Crippen molar-refractivity contribution in [2.75, 3.05) is 12.4 Å². The number of benzene rings is 1. The number of nitrogens with zero attached hydrogens (tertiary/aromatic N) is 2. The molecular weight excluding hydrogens is 250 g/mol. The number of hydrogen-bond acceptors (Lipinski definition) is 4. The fraction of sp³-hybridized carbons (Fsp3) is 0.231. The van der Waals surface area contributed by atoms with Crippen LogP contribution in [0.1, 0.15) is 18.5 Å². The van der Waals surface area contributed by atoms with Crippen molar-refractivity contribution in [3.8, 4) is 5.75 Å². The third-order valence-corrected chi connectivity index (χ3v) is 2.79. The van der Waals surface area contributed by atoms with E-state index in [9.17, 15) is 0 Å². The van der Waals surface area contributed by atoms with Gasteiger partial charge in [-0.15, -0.1) is 0 Å². The molecule has 0 aliphatic carbocycles. The number of rotatable bonds is 4. The molecule has 0 aliphatic rings. The highest BCUT2D eigenvalue weighted by Gasteiger charge is 2.06. The lowest BCUT2D eigenvalue weighted by molar-refractivity contribution is 0.414. The smallest absolute Gasteiger partial charge is 0.224 e. The number of hydrogen-bond donors (Lipinski definition) is 1. The van der Waals surface area contributed by atoms with Crippen LogP contribution in [-0.4, -0.2) is 17.1 Å².